The van der Waals surface area contributed by atoms with E-state index in [9.17, 15) is 18.0 Å². The van der Waals surface area contributed by atoms with Crippen molar-refractivity contribution in [3.8, 4) is 0 Å². The van der Waals surface area contributed by atoms with Crippen molar-refractivity contribution in [3.05, 3.63) is 29.3 Å². The summed E-state index contributed by atoms with van der Waals surface area (Å²) in [5.74, 6) is -0.982. The summed E-state index contributed by atoms with van der Waals surface area (Å²) >= 11 is 0. The van der Waals surface area contributed by atoms with Crippen LogP contribution in [0.5, 0.6) is 0 Å². The average Bonchev–Trinajstić information content (AvgIpc) is 3.07. The minimum Gasteiger partial charge on any atom is -0.481 e. The van der Waals surface area contributed by atoms with Crippen LogP contribution in [0, 0.1) is 0 Å². The van der Waals surface area contributed by atoms with Gasteiger partial charge in [-0.3, -0.25) is 4.79 Å². The number of anilines is 1. The van der Waals surface area contributed by atoms with Gasteiger partial charge in [0, 0.05) is 25.2 Å². The largest absolute Gasteiger partial charge is 0.481 e. The SMILES string of the molecule is CN(C)c1ccc(C(F)(F)F)cc1C1(CC(=O)O)CC1. The molecule has 20 heavy (non-hydrogen) atoms. The van der Waals surface area contributed by atoms with Gasteiger partial charge in [0.15, 0.2) is 0 Å². The molecule has 2 rings (SSSR count). The summed E-state index contributed by atoms with van der Waals surface area (Å²) in [6, 6.07) is 3.56. The molecular weight excluding hydrogens is 271 g/mol. The second-order valence-corrected chi connectivity index (χ2v) is 5.47. The molecule has 1 aromatic rings. The Kier molecular flexibility index (Phi) is 3.44. The van der Waals surface area contributed by atoms with Gasteiger partial charge in [-0.15, -0.1) is 0 Å². The maximum absolute atomic E-state index is 12.8. The van der Waals surface area contributed by atoms with Gasteiger partial charge < -0.3 is 10.0 Å². The molecule has 1 aromatic carbocycles. The Morgan fingerprint density at radius 1 is 1.35 bits per heavy atom. The van der Waals surface area contributed by atoms with Crippen molar-refractivity contribution in [1.82, 2.24) is 0 Å². The Balaban J connectivity index is 2.51. The van der Waals surface area contributed by atoms with Crippen molar-refractivity contribution in [2.75, 3.05) is 19.0 Å². The molecule has 1 aliphatic carbocycles. The lowest BCUT2D eigenvalue weighted by molar-refractivity contribution is -0.138. The first-order chi connectivity index (χ1) is 9.16. The number of halogens is 3. The van der Waals surface area contributed by atoms with Crippen LogP contribution in [-0.4, -0.2) is 25.2 Å². The smallest absolute Gasteiger partial charge is 0.416 e. The number of aliphatic carboxylic acids is 1. The van der Waals surface area contributed by atoms with Gasteiger partial charge in [-0.2, -0.15) is 13.2 Å². The van der Waals surface area contributed by atoms with Crippen molar-refractivity contribution >= 4 is 11.7 Å². The fraction of sp³-hybridized carbons (Fsp3) is 0.500. The van der Waals surface area contributed by atoms with Crippen LogP contribution in [0.3, 0.4) is 0 Å². The summed E-state index contributed by atoms with van der Waals surface area (Å²) in [6.45, 7) is 0. The van der Waals surface area contributed by atoms with Gasteiger partial charge in [0.2, 0.25) is 0 Å². The lowest BCUT2D eigenvalue weighted by Crippen LogP contribution is -2.20. The van der Waals surface area contributed by atoms with Crippen molar-refractivity contribution in [3.63, 3.8) is 0 Å². The molecule has 1 saturated carbocycles. The number of carboxylic acids is 1. The predicted octanol–water partition coefficient (Wildman–Crippen LogP) is 3.28. The number of benzene rings is 1. The van der Waals surface area contributed by atoms with Crippen molar-refractivity contribution in [2.45, 2.75) is 30.9 Å². The van der Waals surface area contributed by atoms with Crippen LogP contribution in [0.4, 0.5) is 18.9 Å². The molecule has 0 aromatic heterocycles. The number of hydrogen-bond donors (Lipinski definition) is 1. The second-order valence-electron chi connectivity index (χ2n) is 5.47. The topological polar surface area (TPSA) is 40.5 Å². The van der Waals surface area contributed by atoms with Gasteiger partial charge in [0.25, 0.3) is 0 Å². The maximum Gasteiger partial charge on any atom is 0.416 e. The molecule has 110 valence electrons. The molecule has 0 atom stereocenters. The third-order valence-electron chi connectivity index (χ3n) is 3.72. The van der Waals surface area contributed by atoms with E-state index in [-0.39, 0.29) is 6.42 Å². The molecule has 0 bridgehead atoms. The van der Waals surface area contributed by atoms with E-state index in [2.05, 4.69) is 0 Å². The van der Waals surface area contributed by atoms with Crippen LogP contribution >= 0.6 is 0 Å². The molecule has 1 aliphatic rings. The van der Waals surface area contributed by atoms with Crippen molar-refractivity contribution < 1.29 is 23.1 Å². The van der Waals surface area contributed by atoms with Crippen LogP contribution < -0.4 is 4.90 Å². The van der Waals surface area contributed by atoms with E-state index in [0.29, 0.717) is 24.1 Å². The highest BCUT2D eigenvalue weighted by Gasteiger charge is 2.48. The standard InChI is InChI=1S/C14H16F3NO2/c1-18(2)11-4-3-9(14(15,16)17)7-10(11)13(5-6-13)8-12(19)20/h3-4,7H,5-6,8H2,1-2H3,(H,19,20). The molecule has 0 saturated heterocycles. The zero-order chi connectivity index (χ0) is 15.1. The van der Waals surface area contributed by atoms with Gasteiger partial charge >= 0.3 is 12.1 Å². The Hall–Kier alpha value is -1.72. The first-order valence-corrected chi connectivity index (χ1v) is 6.26. The Morgan fingerprint density at radius 3 is 2.35 bits per heavy atom. The molecule has 6 heteroatoms. The normalized spacial score (nSPS) is 16.9. The quantitative estimate of drug-likeness (QED) is 0.924. The third kappa shape index (κ3) is 2.73. The predicted molar refractivity (Wildman–Crippen MR) is 68.9 cm³/mol. The lowest BCUT2D eigenvalue weighted by Gasteiger charge is -2.24. The van der Waals surface area contributed by atoms with E-state index in [1.54, 1.807) is 19.0 Å². The fourth-order valence-corrected chi connectivity index (χ4v) is 2.51. The van der Waals surface area contributed by atoms with Crippen molar-refractivity contribution in [2.24, 2.45) is 0 Å². The molecule has 0 unspecified atom stereocenters. The highest BCUT2D eigenvalue weighted by atomic mass is 19.4. The van der Waals surface area contributed by atoms with Gasteiger partial charge in [0.1, 0.15) is 0 Å². The maximum atomic E-state index is 12.8. The summed E-state index contributed by atoms with van der Waals surface area (Å²) < 4.78 is 38.5. The van der Waals surface area contributed by atoms with Gasteiger partial charge in [-0.25, -0.2) is 0 Å². The summed E-state index contributed by atoms with van der Waals surface area (Å²) in [4.78, 5) is 12.7. The number of carbonyl (C=O) groups is 1. The molecule has 1 fully saturated rings. The number of hydrogen-bond acceptors (Lipinski definition) is 2. The third-order valence-corrected chi connectivity index (χ3v) is 3.72. The van der Waals surface area contributed by atoms with Crippen LogP contribution in [0.15, 0.2) is 18.2 Å². The monoisotopic (exact) mass is 287 g/mol. The summed E-state index contributed by atoms with van der Waals surface area (Å²) in [5, 5.41) is 8.97. The molecule has 0 radical (unpaired) electrons. The van der Waals surface area contributed by atoms with Gasteiger partial charge in [-0.05, 0) is 36.6 Å². The Morgan fingerprint density at radius 2 is 1.95 bits per heavy atom. The van der Waals surface area contributed by atoms with E-state index >= 15 is 0 Å². The number of alkyl halides is 3. The molecule has 0 spiro atoms. The van der Waals surface area contributed by atoms with Crippen molar-refractivity contribution in [1.29, 1.82) is 0 Å². The Labute approximate surface area is 115 Å². The molecule has 1 N–H and O–H groups in total. The van der Waals surface area contributed by atoms with Crippen LogP contribution in [0.1, 0.15) is 30.4 Å². The highest BCUT2D eigenvalue weighted by molar-refractivity contribution is 5.72. The molecular formula is C14H16F3NO2. The minimum atomic E-state index is -4.42. The first-order valence-electron chi connectivity index (χ1n) is 6.26. The molecule has 0 aliphatic heterocycles. The minimum absolute atomic E-state index is 0.130. The van der Waals surface area contributed by atoms with Crippen LogP contribution in [0.2, 0.25) is 0 Å². The highest BCUT2D eigenvalue weighted by Crippen LogP contribution is 2.54. The zero-order valence-electron chi connectivity index (χ0n) is 11.3. The zero-order valence-corrected chi connectivity index (χ0v) is 11.3. The number of nitrogens with zero attached hydrogens (tertiary/aromatic N) is 1. The number of rotatable bonds is 4. The van der Waals surface area contributed by atoms with Gasteiger partial charge in [0.05, 0.1) is 12.0 Å². The lowest BCUT2D eigenvalue weighted by atomic mass is 9.89. The summed E-state index contributed by atoms with van der Waals surface area (Å²) in [5.41, 5.74) is -0.238. The number of carboxylic acid groups (broad SMARTS) is 1. The molecule has 0 heterocycles. The van der Waals surface area contributed by atoms with E-state index in [4.69, 9.17) is 5.11 Å². The fourth-order valence-electron chi connectivity index (χ4n) is 2.51. The molecule has 3 nitrogen and oxygen atoms in total. The van der Waals surface area contributed by atoms with E-state index < -0.39 is 23.1 Å². The summed E-state index contributed by atoms with van der Waals surface area (Å²) in [6.07, 6.45) is -3.32. The summed E-state index contributed by atoms with van der Waals surface area (Å²) in [7, 11) is 3.48. The average molecular weight is 287 g/mol. The second kappa shape index (κ2) is 4.68. The van der Waals surface area contributed by atoms with Gasteiger partial charge in [-0.1, -0.05) is 0 Å². The van der Waals surface area contributed by atoms with E-state index in [1.807, 2.05) is 0 Å². The van der Waals surface area contributed by atoms with E-state index in [1.165, 1.54) is 6.07 Å². The van der Waals surface area contributed by atoms with Crippen LogP contribution in [0.25, 0.3) is 0 Å². The molecule has 0 amide bonds. The first kappa shape index (κ1) is 14.7. The Bertz CT molecular complexity index is 534. The van der Waals surface area contributed by atoms with E-state index in [0.717, 1.165) is 12.1 Å². The van der Waals surface area contributed by atoms with Crippen LogP contribution in [-0.2, 0) is 16.4 Å².